The summed E-state index contributed by atoms with van der Waals surface area (Å²) in [6, 6.07) is 5.63. The number of rotatable bonds is 2. The van der Waals surface area contributed by atoms with E-state index in [1.165, 1.54) is 10.9 Å². The highest BCUT2D eigenvalue weighted by molar-refractivity contribution is 5.94. The van der Waals surface area contributed by atoms with Crippen LogP contribution in [0.25, 0.3) is 22.3 Å². The standard InChI is InChI=1S/C13H12N4O2/c1-16-6-14-9-5-8(3-4-10(9)16)11-12(13(18)19)17(2)7-15-11/h3-7H,1-2H3,(H,18,19). The third-order valence-corrected chi connectivity index (χ3v) is 3.14. The summed E-state index contributed by atoms with van der Waals surface area (Å²) in [5, 5.41) is 9.23. The van der Waals surface area contributed by atoms with Crippen LogP contribution < -0.4 is 0 Å². The van der Waals surface area contributed by atoms with Crippen molar-refractivity contribution in [2.45, 2.75) is 0 Å². The molecule has 0 unspecified atom stereocenters. The zero-order valence-corrected chi connectivity index (χ0v) is 10.5. The number of carbonyl (C=O) groups is 1. The maximum absolute atomic E-state index is 11.3. The largest absolute Gasteiger partial charge is 0.477 e. The Morgan fingerprint density at radius 1 is 1.16 bits per heavy atom. The molecule has 0 saturated heterocycles. The van der Waals surface area contributed by atoms with Gasteiger partial charge < -0.3 is 14.2 Å². The van der Waals surface area contributed by atoms with Crippen molar-refractivity contribution in [3.63, 3.8) is 0 Å². The van der Waals surface area contributed by atoms with E-state index in [-0.39, 0.29) is 5.69 Å². The summed E-state index contributed by atoms with van der Waals surface area (Å²) in [5.41, 5.74) is 3.21. The van der Waals surface area contributed by atoms with E-state index in [4.69, 9.17) is 0 Å². The Morgan fingerprint density at radius 3 is 2.63 bits per heavy atom. The smallest absolute Gasteiger partial charge is 0.354 e. The van der Waals surface area contributed by atoms with E-state index >= 15 is 0 Å². The van der Waals surface area contributed by atoms with Crippen LogP contribution in [0, 0.1) is 0 Å². The van der Waals surface area contributed by atoms with Gasteiger partial charge in [-0.15, -0.1) is 0 Å². The van der Waals surface area contributed by atoms with Gasteiger partial charge in [-0.25, -0.2) is 14.8 Å². The van der Waals surface area contributed by atoms with Crippen LogP contribution in [-0.2, 0) is 14.1 Å². The highest BCUT2D eigenvalue weighted by atomic mass is 16.4. The zero-order chi connectivity index (χ0) is 13.6. The third kappa shape index (κ3) is 1.69. The number of carboxylic acid groups (broad SMARTS) is 1. The Hall–Kier alpha value is -2.63. The first-order valence-electron chi connectivity index (χ1n) is 5.74. The number of aryl methyl sites for hydroxylation is 2. The van der Waals surface area contributed by atoms with Crippen LogP contribution in [0.1, 0.15) is 10.5 Å². The molecule has 0 aliphatic heterocycles. The van der Waals surface area contributed by atoms with E-state index < -0.39 is 5.97 Å². The van der Waals surface area contributed by atoms with Gasteiger partial charge in [0.15, 0.2) is 5.69 Å². The number of nitrogens with zero attached hydrogens (tertiary/aromatic N) is 4. The van der Waals surface area contributed by atoms with Gasteiger partial charge in [0.2, 0.25) is 0 Å². The molecule has 19 heavy (non-hydrogen) atoms. The molecule has 0 aliphatic carbocycles. The van der Waals surface area contributed by atoms with Gasteiger partial charge in [0.05, 0.1) is 23.7 Å². The van der Waals surface area contributed by atoms with Crippen molar-refractivity contribution >= 4 is 17.0 Å². The van der Waals surface area contributed by atoms with Crippen LogP contribution in [0.3, 0.4) is 0 Å². The Kier molecular flexibility index (Phi) is 2.38. The van der Waals surface area contributed by atoms with Gasteiger partial charge in [0.25, 0.3) is 0 Å². The van der Waals surface area contributed by atoms with Crippen LogP contribution in [0.5, 0.6) is 0 Å². The molecule has 1 aromatic carbocycles. The number of aromatic nitrogens is 4. The topological polar surface area (TPSA) is 72.9 Å². The molecular weight excluding hydrogens is 244 g/mol. The summed E-state index contributed by atoms with van der Waals surface area (Å²) in [6.07, 6.45) is 3.23. The number of hydrogen-bond acceptors (Lipinski definition) is 3. The van der Waals surface area contributed by atoms with E-state index in [0.29, 0.717) is 5.69 Å². The minimum absolute atomic E-state index is 0.176. The first-order valence-corrected chi connectivity index (χ1v) is 5.74. The van der Waals surface area contributed by atoms with Crippen molar-refractivity contribution < 1.29 is 9.90 Å². The monoisotopic (exact) mass is 256 g/mol. The fourth-order valence-electron chi connectivity index (χ4n) is 2.18. The quantitative estimate of drug-likeness (QED) is 0.757. The molecule has 6 heteroatoms. The first-order chi connectivity index (χ1) is 9.08. The van der Waals surface area contributed by atoms with Crippen LogP contribution in [0.15, 0.2) is 30.9 Å². The first kappa shape index (κ1) is 11.5. The molecule has 0 aliphatic rings. The predicted molar refractivity (Wildman–Crippen MR) is 69.9 cm³/mol. The molecule has 0 atom stereocenters. The summed E-state index contributed by atoms with van der Waals surface area (Å²) in [6.45, 7) is 0. The molecule has 0 saturated carbocycles. The Bertz CT molecular complexity index is 785. The van der Waals surface area contributed by atoms with Crippen LogP contribution >= 0.6 is 0 Å². The maximum atomic E-state index is 11.3. The second-order valence-corrected chi connectivity index (χ2v) is 4.42. The van der Waals surface area contributed by atoms with Gasteiger partial charge in [-0.3, -0.25) is 0 Å². The van der Waals surface area contributed by atoms with Gasteiger partial charge in [-0.05, 0) is 12.1 Å². The van der Waals surface area contributed by atoms with E-state index in [9.17, 15) is 9.90 Å². The SMILES string of the molecule is Cn1cnc(-c2ccc3c(c2)ncn3C)c1C(=O)O. The lowest BCUT2D eigenvalue weighted by Crippen LogP contribution is -2.05. The molecule has 0 spiro atoms. The van der Waals surface area contributed by atoms with Gasteiger partial charge in [-0.1, -0.05) is 6.07 Å². The second kappa shape index (κ2) is 3.94. The molecule has 6 nitrogen and oxygen atoms in total. The maximum Gasteiger partial charge on any atom is 0.354 e. The average Bonchev–Trinajstić information content (AvgIpc) is 2.93. The number of hydrogen-bond donors (Lipinski definition) is 1. The van der Waals surface area contributed by atoms with Crippen LogP contribution in [-0.4, -0.2) is 30.2 Å². The lowest BCUT2D eigenvalue weighted by Gasteiger charge is -2.02. The zero-order valence-electron chi connectivity index (χ0n) is 10.5. The minimum atomic E-state index is -0.990. The molecular formula is C13H12N4O2. The Balaban J connectivity index is 2.22. The molecule has 0 amide bonds. The Labute approximate surface area is 108 Å². The van der Waals surface area contributed by atoms with Crippen LogP contribution in [0.4, 0.5) is 0 Å². The molecule has 1 N–H and O–H groups in total. The van der Waals surface area contributed by atoms with E-state index in [0.717, 1.165) is 16.6 Å². The fourth-order valence-corrected chi connectivity index (χ4v) is 2.18. The summed E-state index contributed by atoms with van der Waals surface area (Å²) in [5.74, 6) is -0.990. The molecule has 0 fully saturated rings. The van der Waals surface area contributed by atoms with E-state index in [1.54, 1.807) is 13.4 Å². The van der Waals surface area contributed by atoms with Crippen molar-refractivity contribution in [2.24, 2.45) is 14.1 Å². The molecule has 3 aromatic rings. The third-order valence-electron chi connectivity index (χ3n) is 3.14. The number of fused-ring (bicyclic) bond motifs is 1. The van der Waals surface area contributed by atoms with Crippen molar-refractivity contribution in [3.8, 4) is 11.3 Å². The lowest BCUT2D eigenvalue weighted by molar-refractivity contribution is 0.0687. The highest BCUT2D eigenvalue weighted by Crippen LogP contribution is 2.25. The van der Waals surface area contributed by atoms with E-state index in [1.807, 2.05) is 29.8 Å². The second-order valence-electron chi connectivity index (χ2n) is 4.42. The summed E-state index contributed by atoms with van der Waals surface area (Å²) in [4.78, 5) is 19.7. The van der Waals surface area contributed by atoms with Gasteiger partial charge in [-0.2, -0.15) is 0 Å². The lowest BCUT2D eigenvalue weighted by atomic mass is 10.1. The molecule has 3 rings (SSSR count). The van der Waals surface area contributed by atoms with Gasteiger partial charge >= 0.3 is 5.97 Å². The number of carboxylic acids is 1. The molecule has 2 aromatic heterocycles. The number of aromatic carboxylic acids is 1. The normalized spacial score (nSPS) is 11.1. The minimum Gasteiger partial charge on any atom is -0.477 e. The average molecular weight is 256 g/mol. The van der Waals surface area contributed by atoms with Crippen molar-refractivity contribution in [2.75, 3.05) is 0 Å². The van der Waals surface area contributed by atoms with Crippen molar-refractivity contribution in [3.05, 3.63) is 36.5 Å². The highest BCUT2D eigenvalue weighted by Gasteiger charge is 2.18. The molecule has 0 bridgehead atoms. The molecule has 96 valence electrons. The van der Waals surface area contributed by atoms with Crippen molar-refractivity contribution in [1.82, 2.24) is 19.1 Å². The van der Waals surface area contributed by atoms with Crippen molar-refractivity contribution in [1.29, 1.82) is 0 Å². The summed E-state index contributed by atoms with van der Waals surface area (Å²) >= 11 is 0. The predicted octanol–water partition coefficient (Wildman–Crippen LogP) is 1.67. The van der Waals surface area contributed by atoms with E-state index in [2.05, 4.69) is 9.97 Å². The Morgan fingerprint density at radius 2 is 1.89 bits per heavy atom. The summed E-state index contributed by atoms with van der Waals surface area (Å²) in [7, 11) is 3.58. The number of benzene rings is 1. The van der Waals surface area contributed by atoms with Gasteiger partial charge in [0, 0.05) is 19.7 Å². The number of imidazole rings is 2. The fraction of sp³-hybridized carbons (Fsp3) is 0.154. The molecule has 0 radical (unpaired) electrons. The summed E-state index contributed by atoms with van der Waals surface area (Å²) < 4.78 is 3.41. The molecule has 2 heterocycles. The van der Waals surface area contributed by atoms with Gasteiger partial charge in [0.1, 0.15) is 5.69 Å². The van der Waals surface area contributed by atoms with Crippen LogP contribution in [0.2, 0.25) is 0 Å².